The summed E-state index contributed by atoms with van der Waals surface area (Å²) in [4.78, 5) is 14.3. The molecule has 0 aromatic heterocycles. The first kappa shape index (κ1) is 17.1. The molecule has 0 radical (unpaired) electrons. The first-order chi connectivity index (χ1) is 11.9. The minimum Gasteiger partial charge on any atom is -0.497 e. The topological polar surface area (TPSA) is 50.8 Å². The molecule has 0 aliphatic carbocycles. The maximum Gasteiger partial charge on any atom is 0.322 e. The van der Waals surface area contributed by atoms with E-state index in [0.29, 0.717) is 30.3 Å². The van der Waals surface area contributed by atoms with Crippen LogP contribution >= 0.6 is 0 Å². The van der Waals surface area contributed by atoms with E-state index in [1.165, 1.54) is 24.3 Å². The molecule has 3 rings (SSSR count). The summed E-state index contributed by atoms with van der Waals surface area (Å²) in [6.45, 7) is 4.69. The average molecular weight is 344 g/mol. The lowest BCUT2D eigenvalue weighted by atomic mass is 10.1. The highest BCUT2D eigenvalue weighted by Crippen LogP contribution is 2.32. The summed E-state index contributed by atoms with van der Waals surface area (Å²) in [7, 11) is 1.60. The molecule has 5 nitrogen and oxygen atoms in total. The number of hydrogen-bond donors (Lipinski definition) is 1. The number of rotatable bonds is 2. The third-order valence-electron chi connectivity index (χ3n) is 3.98. The fourth-order valence-corrected chi connectivity index (χ4v) is 2.82. The number of halogens is 1. The Balaban J connectivity index is 1.83. The second kappa shape index (κ2) is 6.63. The van der Waals surface area contributed by atoms with Crippen LogP contribution in [0.2, 0.25) is 0 Å². The molecular formula is C19H21FN2O3. The standard InChI is InChI=1S/C19H21FN2O3/c1-19(2)12-22(18(23)21-15-7-5-14(20)6-8-15)11-13-4-9-16(24-3)10-17(13)25-19/h4-10H,11-12H2,1-3H3,(H,21,23). The van der Waals surface area contributed by atoms with E-state index < -0.39 is 5.60 Å². The number of anilines is 1. The maximum absolute atomic E-state index is 13.0. The summed E-state index contributed by atoms with van der Waals surface area (Å²) in [5, 5.41) is 2.80. The molecule has 2 aromatic rings. The van der Waals surface area contributed by atoms with E-state index >= 15 is 0 Å². The van der Waals surface area contributed by atoms with Gasteiger partial charge in [-0.05, 0) is 50.2 Å². The number of carbonyl (C=O) groups is 1. The van der Waals surface area contributed by atoms with E-state index in [1.54, 1.807) is 12.0 Å². The first-order valence-corrected chi connectivity index (χ1v) is 8.04. The molecule has 0 atom stereocenters. The van der Waals surface area contributed by atoms with E-state index in [9.17, 15) is 9.18 Å². The summed E-state index contributed by atoms with van der Waals surface area (Å²) in [5.41, 5.74) is 0.891. The summed E-state index contributed by atoms with van der Waals surface area (Å²) in [6.07, 6.45) is 0. The molecule has 25 heavy (non-hydrogen) atoms. The Bertz CT molecular complexity index is 775. The number of nitrogens with one attached hydrogen (secondary N) is 1. The van der Waals surface area contributed by atoms with Crippen LogP contribution in [0, 0.1) is 5.82 Å². The van der Waals surface area contributed by atoms with Crippen LogP contribution in [0.25, 0.3) is 0 Å². The van der Waals surface area contributed by atoms with E-state index in [-0.39, 0.29) is 11.8 Å². The Hall–Kier alpha value is -2.76. The number of benzene rings is 2. The number of nitrogens with zero attached hydrogens (tertiary/aromatic N) is 1. The maximum atomic E-state index is 13.0. The van der Waals surface area contributed by atoms with Crippen LogP contribution in [0.5, 0.6) is 11.5 Å². The van der Waals surface area contributed by atoms with Crippen molar-refractivity contribution < 1.29 is 18.7 Å². The fraction of sp³-hybridized carbons (Fsp3) is 0.316. The van der Waals surface area contributed by atoms with Crippen molar-refractivity contribution in [1.29, 1.82) is 0 Å². The van der Waals surface area contributed by atoms with Crippen molar-refractivity contribution in [3.05, 3.63) is 53.8 Å². The number of carbonyl (C=O) groups excluding carboxylic acids is 1. The van der Waals surface area contributed by atoms with Crippen LogP contribution in [0.3, 0.4) is 0 Å². The summed E-state index contributed by atoms with van der Waals surface area (Å²) < 4.78 is 24.3. The van der Waals surface area contributed by atoms with Gasteiger partial charge >= 0.3 is 6.03 Å². The molecule has 1 N–H and O–H groups in total. The Morgan fingerprint density at radius 1 is 1.24 bits per heavy atom. The summed E-state index contributed by atoms with van der Waals surface area (Å²) in [6, 6.07) is 11.0. The van der Waals surface area contributed by atoms with Crippen LogP contribution in [-0.4, -0.2) is 30.2 Å². The van der Waals surface area contributed by atoms with Crippen LogP contribution in [0.15, 0.2) is 42.5 Å². The molecule has 0 bridgehead atoms. The highest BCUT2D eigenvalue weighted by Gasteiger charge is 2.31. The lowest BCUT2D eigenvalue weighted by Gasteiger charge is -2.29. The molecule has 132 valence electrons. The van der Waals surface area contributed by atoms with Gasteiger partial charge in [-0.15, -0.1) is 0 Å². The van der Waals surface area contributed by atoms with Crippen molar-refractivity contribution >= 4 is 11.7 Å². The van der Waals surface area contributed by atoms with Gasteiger partial charge in [0, 0.05) is 17.3 Å². The number of methoxy groups -OCH3 is 1. The normalized spacial score (nSPS) is 15.6. The van der Waals surface area contributed by atoms with E-state index in [4.69, 9.17) is 9.47 Å². The highest BCUT2D eigenvalue weighted by atomic mass is 19.1. The number of urea groups is 1. The molecule has 2 aromatic carbocycles. The summed E-state index contributed by atoms with van der Waals surface area (Å²) >= 11 is 0. The van der Waals surface area contributed by atoms with Gasteiger partial charge in [0.2, 0.25) is 0 Å². The minimum absolute atomic E-state index is 0.257. The zero-order valence-corrected chi connectivity index (χ0v) is 14.5. The molecule has 0 spiro atoms. The van der Waals surface area contributed by atoms with Gasteiger partial charge in [-0.3, -0.25) is 0 Å². The van der Waals surface area contributed by atoms with Gasteiger partial charge in [0.15, 0.2) is 0 Å². The summed E-state index contributed by atoms with van der Waals surface area (Å²) in [5.74, 6) is 1.07. The van der Waals surface area contributed by atoms with Gasteiger partial charge in [0.25, 0.3) is 0 Å². The second-order valence-electron chi connectivity index (χ2n) is 6.63. The largest absolute Gasteiger partial charge is 0.497 e. The quantitative estimate of drug-likeness (QED) is 0.894. The lowest BCUT2D eigenvalue weighted by Crippen LogP contribution is -2.44. The Labute approximate surface area is 146 Å². The van der Waals surface area contributed by atoms with Crippen molar-refractivity contribution in [2.45, 2.75) is 26.0 Å². The van der Waals surface area contributed by atoms with E-state index in [2.05, 4.69) is 5.32 Å². The van der Waals surface area contributed by atoms with E-state index in [1.807, 2.05) is 32.0 Å². The van der Waals surface area contributed by atoms with Gasteiger partial charge in [0.1, 0.15) is 22.9 Å². The molecule has 1 aliphatic rings. The predicted octanol–water partition coefficient (Wildman–Crippen LogP) is 4.04. The van der Waals surface area contributed by atoms with Crippen LogP contribution < -0.4 is 14.8 Å². The minimum atomic E-state index is -0.558. The van der Waals surface area contributed by atoms with Crippen molar-refractivity contribution in [1.82, 2.24) is 4.90 Å². The first-order valence-electron chi connectivity index (χ1n) is 8.04. The molecule has 2 amide bonds. The Kier molecular flexibility index (Phi) is 4.53. The number of fused-ring (bicyclic) bond motifs is 1. The molecule has 0 fully saturated rings. The molecule has 0 saturated heterocycles. The number of hydrogen-bond acceptors (Lipinski definition) is 3. The lowest BCUT2D eigenvalue weighted by molar-refractivity contribution is 0.0833. The van der Waals surface area contributed by atoms with Crippen LogP contribution in [0.1, 0.15) is 19.4 Å². The van der Waals surface area contributed by atoms with Gasteiger partial charge < -0.3 is 19.7 Å². The van der Waals surface area contributed by atoms with Crippen molar-refractivity contribution in [2.75, 3.05) is 19.0 Å². The molecule has 0 saturated carbocycles. The van der Waals surface area contributed by atoms with Crippen molar-refractivity contribution in [3.8, 4) is 11.5 Å². The third-order valence-corrected chi connectivity index (χ3v) is 3.98. The van der Waals surface area contributed by atoms with Gasteiger partial charge in [0.05, 0.1) is 20.2 Å². The molecule has 0 unspecified atom stereocenters. The van der Waals surface area contributed by atoms with Crippen LogP contribution in [-0.2, 0) is 6.54 Å². The smallest absolute Gasteiger partial charge is 0.322 e. The Morgan fingerprint density at radius 3 is 2.64 bits per heavy atom. The third kappa shape index (κ3) is 4.02. The average Bonchev–Trinajstić information content (AvgIpc) is 2.70. The Morgan fingerprint density at radius 2 is 1.96 bits per heavy atom. The fourth-order valence-electron chi connectivity index (χ4n) is 2.82. The zero-order chi connectivity index (χ0) is 18.0. The SMILES string of the molecule is COc1ccc2c(c1)OC(C)(C)CN(C(=O)Nc1ccc(F)cc1)C2. The number of amides is 2. The van der Waals surface area contributed by atoms with Crippen molar-refractivity contribution in [2.24, 2.45) is 0 Å². The highest BCUT2D eigenvalue weighted by molar-refractivity contribution is 5.89. The molecule has 1 aliphatic heterocycles. The van der Waals surface area contributed by atoms with Gasteiger partial charge in [-0.1, -0.05) is 0 Å². The zero-order valence-electron chi connectivity index (χ0n) is 14.5. The van der Waals surface area contributed by atoms with E-state index in [0.717, 1.165) is 5.56 Å². The number of ether oxygens (including phenoxy) is 2. The molecule has 6 heteroatoms. The molecule has 1 heterocycles. The monoisotopic (exact) mass is 344 g/mol. The van der Waals surface area contributed by atoms with Crippen LogP contribution in [0.4, 0.5) is 14.9 Å². The van der Waals surface area contributed by atoms with Crippen molar-refractivity contribution in [3.63, 3.8) is 0 Å². The second-order valence-corrected chi connectivity index (χ2v) is 6.63. The van der Waals surface area contributed by atoms with Gasteiger partial charge in [-0.25, -0.2) is 9.18 Å². The molecular weight excluding hydrogens is 323 g/mol. The van der Waals surface area contributed by atoms with Gasteiger partial charge in [-0.2, -0.15) is 0 Å². The predicted molar refractivity (Wildman–Crippen MR) is 93.5 cm³/mol.